The molecule has 0 aliphatic carbocycles. The fraction of sp³-hybridized carbons (Fsp3) is 0.0800. The van der Waals surface area contributed by atoms with Gasteiger partial charge in [0.05, 0.1) is 18.6 Å². The van der Waals surface area contributed by atoms with Crippen LogP contribution in [0.15, 0.2) is 101 Å². The van der Waals surface area contributed by atoms with Crippen LogP contribution in [0.25, 0.3) is 21.8 Å². The molecule has 0 N–H and O–H groups in total. The van der Waals surface area contributed by atoms with E-state index in [1.165, 1.54) is 4.57 Å². The zero-order chi connectivity index (χ0) is 20.5. The number of hydrogen-bond acceptors (Lipinski definition) is 3. The molecule has 0 fully saturated rings. The molecule has 5 heteroatoms. The molecule has 0 aliphatic rings. The van der Waals surface area contributed by atoms with E-state index in [-0.39, 0.29) is 17.8 Å². The van der Waals surface area contributed by atoms with Crippen LogP contribution in [-0.2, 0) is 13.1 Å². The van der Waals surface area contributed by atoms with Crippen LogP contribution in [0.2, 0.25) is 0 Å². The van der Waals surface area contributed by atoms with E-state index in [1.54, 1.807) is 22.9 Å². The number of hydrogen-bond donors (Lipinski definition) is 0. The van der Waals surface area contributed by atoms with Gasteiger partial charge in [0.25, 0.3) is 5.56 Å². The summed E-state index contributed by atoms with van der Waals surface area (Å²) in [6, 6.07) is 27.2. The maximum atomic E-state index is 13.4. The molecule has 3 aromatic carbocycles. The minimum absolute atomic E-state index is 0.209. The molecule has 30 heavy (non-hydrogen) atoms. The predicted molar refractivity (Wildman–Crippen MR) is 119 cm³/mol. The quantitative estimate of drug-likeness (QED) is 0.467. The van der Waals surface area contributed by atoms with Gasteiger partial charge < -0.3 is 0 Å². The van der Waals surface area contributed by atoms with Crippen molar-refractivity contribution < 1.29 is 0 Å². The van der Waals surface area contributed by atoms with E-state index >= 15 is 0 Å². The number of fused-ring (bicyclic) bond motifs is 2. The average Bonchev–Trinajstić information content (AvgIpc) is 2.80. The average molecular weight is 393 g/mol. The Hall–Kier alpha value is -3.99. The minimum atomic E-state index is -0.367. The smallest absolute Gasteiger partial charge is 0.287 e. The summed E-state index contributed by atoms with van der Waals surface area (Å²) in [6.07, 6.45) is 1.59. The number of nitrogens with zero attached hydrogens (tertiary/aromatic N) is 3. The highest BCUT2D eigenvalue weighted by Gasteiger charge is 2.15. The van der Waals surface area contributed by atoms with Crippen LogP contribution < -0.4 is 11.2 Å². The van der Waals surface area contributed by atoms with E-state index < -0.39 is 0 Å². The van der Waals surface area contributed by atoms with Gasteiger partial charge in [-0.3, -0.25) is 13.9 Å². The van der Waals surface area contributed by atoms with Crippen molar-refractivity contribution in [3.8, 4) is 0 Å². The van der Waals surface area contributed by atoms with Gasteiger partial charge in [-0.1, -0.05) is 72.8 Å². The molecule has 5 aromatic rings. The predicted octanol–water partition coefficient (Wildman–Crippen LogP) is 3.81. The summed E-state index contributed by atoms with van der Waals surface area (Å²) in [4.78, 5) is 30.8. The Morgan fingerprint density at radius 3 is 2.33 bits per heavy atom. The molecular weight excluding hydrogens is 374 g/mol. The van der Waals surface area contributed by atoms with Gasteiger partial charge in [0.15, 0.2) is 5.52 Å². The highest BCUT2D eigenvalue weighted by molar-refractivity contribution is 5.85. The summed E-state index contributed by atoms with van der Waals surface area (Å²) in [5.41, 5.74) is 2.05. The van der Waals surface area contributed by atoms with Crippen LogP contribution >= 0.6 is 0 Å². The summed E-state index contributed by atoms with van der Waals surface area (Å²) < 4.78 is 2.92. The molecule has 0 bridgehead atoms. The Morgan fingerprint density at radius 1 is 0.700 bits per heavy atom. The summed E-state index contributed by atoms with van der Waals surface area (Å²) >= 11 is 0. The first kappa shape index (κ1) is 18.1. The first-order chi connectivity index (χ1) is 14.7. The van der Waals surface area contributed by atoms with Gasteiger partial charge in [-0.25, -0.2) is 9.78 Å². The van der Waals surface area contributed by atoms with E-state index in [0.717, 1.165) is 21.9 Å². The molecule has 0 aliphatic heterocycles. The highest BCUT2D eigenvalue weighted by atomic mass is 16.2. The largest absolute Gasteiger partial charge is 0.332 e. The summed E-state index contributed by atoms with van der Waals surface area (Å²) in [5.74, 6) is 0. The third kappa shape index (κ3) is 3.10. The molecular formula is C25H19N3O2. The van der Waals surface area contributed by atoms with Crippen molar-refractivity contribution in [3.63, 3.8) is 0 Å². The molecule has 0 saturated heterocycles. The fourth-order valence-corrected chi connectivity index (χ4v) is 3.90. The van der Waals surface area contributed by atoms with Crippen LogP contribution in [-0.4, -0.2) is 14.1 Å². The number of aromatic nitrogens is 3. The van der Waals surface area contributed by atoms with Gasteiger partial charge in [0.1, 0.15) is 0 Å². The van der Waals surface area contributed by atoms with E-state index in [9.17, 15) is 9.59 Å². The van der Waals surface area contributed by atoms with Crippen molar-refractivity contribution in [1.29, 1.82) is 0 Å². The maximum Gasteiger partial charge on any atom is 0.332 e. The van der Waals surface area contributed by atoms with Crippen molar-refractivity contribution in [1.82, 2.24) is 14.1 Å². The van der Waals surface area contributed by atoms with E-state index in [0.29, 0.717) is 17.6 Å². The SMILES string of the molecule is O=c1c2ncccc2n(Cc2cccc3ccccc23)c(=O)n1Cc1ccccc1. The molecule has 5 nitrogen and oxygen atoms in total. The Morgan fingerprint density at radius 2 is 1.47 bits per heavy atom. The summed E-state index contributed by atoms with van der Waals surface area (Å²) in [5, 5.41) is 2.20. The second kappa shape index (κ2) is 7.44. The van der Waals surface area contributed by atoms with Gasteiger partial charge in [0.2, 0.25) is 0 Å². The lowest BCUT2D eigenvalue weighted by Gasteiger charge is -2.15. The summed E-state index contributed by atoms with van der Waals surface area (Å²) in [6.45, 7) is 0.567. The standard InChI is InChI=1S/C25H19N3O2/c29-24-23-22(14-7-15-26-23)27(25(30)28(24)16-18-8-2-1-3-9-18)17-20-12-6-11-19-10-4-5-13-21(19)20/h1-15H,16-17H2. The lowest BCUT2D eigenvalue weighted by molar-refractivity contribution is 0.634. The molecule has 0 saturated carbocycles. The van der Waals surface area contributed by atoms with Gasteiger partial charge in [0, 0.05) is 6.20 Å². The zero-order valence-corrected chi connectivity index (χ0v) is 16.2. The normalized spacial score (nSPS) is 11.2. The van der Waals surface area contributed by atoms with Gasteiger partial charge >= 0.3 is 5.69 Å². The van der Waals surface area contributed by atoms with Crippen LogP contribution in [0, 0.1) is 0 Å². The Bertz CT molecular complexity index is 1480. The van der Waals surface area contributed by atoms with Crippen LogP contribution in [0.3, 0.4) is 0 Å². The van der Waals surface area contributed by atoms with Crippen LogP contribution in [0.4, 0.5) is 0 Å². The molecule has 0 radical (unpaired) electrons. The lowest BCUT2D eigenvalue weighted by atomic mass is 10.0. The topological polar surface area (TPSA) is 56.9 Å². The lowest BCUT2D eigenvalue weighted by Crippen LogP contribution is -2.40. The Labute approximate surface area is 172 Å². The van der Waals surface area contributed by atoms with Crippen molar-refractivity contribution >= 4 is 21.8 Å². The van der Waals surface area contributed by atoms with Crippen LogP contribution in [0.5, 0.6) is 0 Å². The summed E-state index contributed by atoms with van der Waals surface area (Å²) in [7, 11) is 0. The minimum Gasteiger partial charge on any atom is -0.287 e. The third-order valence-electron chi connectivity index (χ3n) is 5.38. The molecule has 2 aromatic heterocycles. The third-order valence-corrected chi connectivity index (χ3v) is 5.38. The highest BCUT2D eigenvalue weighted by Crippen LogP contribution is 2.20. The van der Waals surface area contributed by atoms with E-state index in [4.69, 9.17) is 0 Å². The molecule has 2 heterocycles. The fourth-order valence-electron chi connectivity index (χ4n) is 3.90. The monoisotopic (exact) mass is 393 g/mol. The maximum absolute atomic E-state index is 13.4. The van der Waals surface area contributed by atoms with Gasteiger partial charge in [-0.15, -0.1) is 0 Å². The first-order valence-corrected chi connectivity index (χ1v) is 9.81. The molecule has 0 atom stereocenters. The molecule has 0 amide bonds. The van der Waals surface area contributed by atoms with E-state index in [1.807, 2.05) is 54.6 Å². The van der Waals surface area contributed by atoms with Crippen molar-refractivity contribution in [2.75, 3.05) is 0 Å². The first-order valence-electron chi connectivity index (χ1n) is 9.81. The number of pyridine rings is 1. The van der Waals surface area contributed by atoms with Crippen molar-refractivity contribution in [3.05, 3.63) is 123 Å². The molecule has 146 valence electrons. The zero-order valence-electron chi connectivity index (χ0n) is 16.2. The van der Waals surface area contributed by atoms with Crippen molar-refractivity contribution in [2.24, 2.45) is 0 Å². The molecule has 0 unspecified atom stereocenters. The second-order valence-corrected chi connectivity index (χ2v) is 7.26. The Kier molecular flexibility index (Phi) is 4.48. The van der Waals surface area contributed by atoms with E-state index in [2.05, 4.69) is 23.2 Å². The Balaban J connectivity index is 1.73. The molecule has 5 rings (SSSR count). The second-order valence-electron chi connectivity index (χ2n) is 7.26. The van der Waals surface area contributed by atoms with Gasteiger partial charge in [-0.2, -0.15) is 0 Å². The van der Waals surface area contributed by atoms with Crippen molar-refractivity contribution in [2.45, 2.75) is 13.1 Å². The number of rotatable bonds is 4. The number of benzene rings is 3. The van der Waals surface area contributed by atoms with Crippen LogP contribution in [0.1, 0.15) is 11.1 Å². The molecule has 0 spiro atoms. The van der Waals surface area contributed by atoms with Gasteiger partial charge in [-0.05, 0) is 34.0 Å².